The van der Waals surface area contributed by atoms with Gasteiger partial charge in [0.1, 0.15) is 29.8 Å². The van der Waals surface area contributed by atoms with Gasteiger partial charge in [0.15, 0.2) is 0 Å². The van der Waals surface area contributed by atoms with Crippen molar-refractivity contribution in [2.75, 3.05) is 0 Å². The van der Waals surface area contributed by atoms with Crippen molar-refractivity contribution in [1.29, 1.82) is 0 Å². The fraction of sp³-hybridized carbons (Fsp3) is 0.429. The fourth-order valence-electron chi connectivity index (χ4n) is 6.89. The maximum absolute atomic E-state index is 13.8. The monoisotopic (exact) mass is 836 g/mol. The highest BCUT2D eigenvalue weighted by molar-refractivity contribution is 5.91. The molecule has 0 aromatic heterocycles. The van der Waals surface area contributed by atoms with Gasteiger partial charge in [0.2, 0.25) is 0 Å². The van der Waals surface area contributed by atoms with E-state index < -0.39 is 78.1 Å². The summed E-state index contributed by atoms with van der Waals surface area (Å²) in [6.07, 6.45) is -2.04. The first-order chi connectivity index (χ1) is 28.9. The number of carbonyl (C=O) groups is 4. The maximum atomic E-state index is 13.8. The molecule has 12 nitrogen and oxygen atoms in total. The molecule has 0 bridgehead atoms. The molecule has 0 saturated heterocycles. The highest BCUT2D eigenvalue weighted by atomic mass is 16.6. The number of benzene rings is 4. The summed E-state index contributed by atoms with van der Waals surface area (Å²) in [6.45, 7) is 10.7. The summed E-state index contributed by atoms with van der Waals surface area (Å²) in [4.78, 5) is 53.7. The van der Waals surface area contributed by atoms with E-state index in [-0.39, 0.29) is 12.8 Å². The molecular weight excluding hydrogens is 773 g/mol. The van der Waals surface area contributed by atoms with Gasteiger partial charge >= 0.3 is 24.1 Å². The Labute approximate surface area is 361 Å². The molecule has 0 aliphatic rings. The topological polar surface area (TPSA) is 181 Å². The van der Waals surface area contributed by atoms with Crippen LogP contribution in [-0.4, -0.2) is 71.7 Å². The van der Waals surface area contributed by atoms with Gasteiger partial charge in [0, 0.05) is 37.0 Å². The number of alkyl carbamates (subject to hydrolysis) is 2. The number of hydrogen-bond donors (Lipinski definition) is 4. The third kappa shape index (κ3) is 19.0. The second kappa shape index (κ2) is 23.3. The van der Waals surface area contributed by atoms with Crippen LogP contribution in [0.1, 0.15) is 83.1 Å². The molecule has 0 saturated carbocycles. The van der Waals surface area contributed by atoms with E-state index in [0.717, 1.165) is 22.3 Å². The van der Waals surface area contributed by atoms with E-state index in [1.165, 1.54) is 0 Å². The van der Waals surface area contributed by atoms with Crippen molar-refractivity contribution >= 4 is 24.1 Å². The van der Waals surface area contributed by atoms with Crippen LogP contribution in [0.3, 0.4) is 0 Å². The molecule has 4 aromatic carbocycles. The van der Waals surface area contributed by atoms with Crippen LogP contribution in [0.25, 0.3) is 0 Å². The van der Waals surface area contributed by atoms with Crippen molar-refractivity contribution in [3.8, 4) is 0 Å². The number of ether oxygens (including phenoxy) is 4. The van der Waals surface area contributed by atoms with Gasteiger partial charge in [-0.25, -0.2) is 9.59 Å². The van der Waals surface area contributed by atoms with Crippen LogP contribution in [-0.2, 0) is 54.2 Å². The first-order valence-corrected chi connectivity index (χ1v) is 21.0. The van der Waals surface area contributed by atoms with Crippen LogP contribution in [0.2, 0.25) is 0 Å². The molecule has 4 rings (SSSR count). The first kappa shape index (κ1) is 48.0. The predicted octanol–water partition coefficient (Wildman–Crippen LogP) is 7.39. The molecular formula is C49H64N4O8. The minimum atomic E-state index is -0.923. The zero-order chi connectivity index (χ0) is 44.4. The minimum Gasteiger partial charge on any atom is -0.460 e. The Morgan fingerprint density at radius 3 is 1.03 bits per heavy atom. The molecule has 6 N–H and O–H groups in total. The Kier molecular flexibility index (Phi) is 18.3. The Morgan fingerprint density at radius 2 is 0.754 bits per heavy atom. The number of hydrogen-bond acceptors (Lipinski definition) is 10. The molecule has 12 heteroatoms. The number of esters is 2. The summed E-state index contributed by atoms with van der Waals surface area (Å²) in [5.41, 5.74) is 15.8. The van der Waals surface area contributed by atoms with Crippen molar-refractivity contribution in [2.24, 2.45) is 11.5 Å². The molecule has 0 radical (unpaired) electrons. The molecule has 6 unspecified atom stereocenters. The van der Waals surface area contributed by atoms with Crippen molar-refractivity contribution in [3.63, 3.8) is 0 Å². The van der Waals surface area contributed by atoms with Gasteiger partial charge in [-0.15, -0.1) is 0 Å². The van der Waals surface area contributed by atoms with Crippen molar-refractivity contribution in [3.05, 3.63) is 144 Å². The van der Waals surface area contributed by atoms with Crippen LogP contribution >= 0.6 is 0 Å². The van der Waals surface area contributed by atoms with E-state index in [4.69, 9.17) is 30.4 Å². The zero-order valence-corrected chi connectivity index (χ0v) is 36.4. The second-order valence-electron chi connectivity index (χ2n) is 17.5. The molecule has 0 aliphatic heterocycles. The first-order valence-electron chi connectivity index (χ1n) is 21.0. The van der Waals surface area contributed by atoms with E-state index in [0.29, 0.717) is 25.7 Å². The molecule has 0 fully saturated rings. The summed E-state index contributed by atoms with van der Waals surface area (Å²) in [5, 5.41) is 5.91. The lowest BCUT2D eigenvalue weighted by molar-refractivity contribution is -0.162. The molecule has 61 heavy (non-hydrogen) atoms. The molecule has 4 aromatic rings. The average Bonchev–Trinajstić information content (AvgIpc) is 3.17. The van der Waals surface area contributed by atoms with Gasteiger partial charge in [-0.1, -0.05) is 121 Å². The maximum Gasteiger partial charge on any atom is 0.407 e. The summed E-state index contributed by atoms with van der Waals surface area (Å²) in [5.74, 6) is -1.70. The number of rotatable bonds is 20. The lowest BCUT2D eigenvalue weighted by atomic mass is 9.94. The Hall–Kier alpha value is -5.72. The van der Waals surface area contributed by atoms with E-state index in [2.05, 4.69) is 10.6 Å². The van der Waals surface area contributed by atoms with Gasteiger partial charge in [0.25, 0.3) is 0 Å². The molecule has 6 atom stereocenters. The van der Waals surface area contributed by atoms with Gasteiger partial charge in [-0.3, -0.25) is 9.59 Å². The van der Waals surface area contributed by atoms with Gasteiger partial charge < -0.3 is 41.0 Å². The van der Waals surface area contributed by atoms with Crippen molar-refractivity contribution in [1.82, 2.24) is 10.6 Å². The largest absolute Gasteiger partial charge is 0.460 e. The predicted molar refractivity (Wildman–Crippen MR) is 236 cm³/mol. The number of carbonyl (C=O) groups excluding carboxylic acids is 4. The lowest BCUT2D eigenvalue weighted by Crippen LogP contribution is -2.48. The highest BCUT2D eigenvalue weighted by Crippen LogP contribution is 2.20. The fourth-order valence-corrected chi connectivity index (χ4v) is 6.89. The summed E-state index contributed by atoms with van der Waals surface area (Å²) in [6, 6.07) is 35.8. The SMILES string of the molecule is CC(C)(C)OC(=O)NC(Cc1ccccc1)CC(OC(=O)CC(=O)OC(CC(Cc1ccccc1)NC(=O)OC(C)(C)C)C(N)Cc1ccccc1)C(N)Cc1ccccc1. The normalized spacial score (nSPS) is 14.6. The van der Waals surface area contributed by atoms with E-state index in [1.807, 2.05) is 121 Å². The zero-order valence-electron chi connectivity index (χ0n) is 36.4. The van der Waals surface area contributed by atoms with Crippen LogP contribution in [0.5, 0.6) is 0 Å². The molecule has 0 spiro atoms. The third-order valence-electron chi connectivity index (χ3n) is 9.56. The van der Waals surface area contributed by atoms with E-state index in [1.54, 1.807) is 41.5 Å². The molecule has 328 valence electrons. The number of amides is 2. The van der Waals surface area contributed by atoms with Gasteiger partial charge in [0.05, 0.1) is 0 Å². The summed E-state index contributed by atoms with van der Waals surface area (Å²) >= 11 is 0. The molecule has 0 heterocycles. The van der Waals surface area contributed by atoms with Gasteiger partial charge in [-0.2, -0.15) is 0 Å². The Balaban J connectivity index is 1.56. The Morgan fingerprint density at radius 1 is 0.475 bits per heavy atom. The number of nitrogens with two attached hydrogens (primary N) is 2. The lowest BCUT2D eigenvalue weighted by Gasteiger charge is -2.30. The molecule has 0 aliphatic carbocycles. The van der Waals surface area contributed by atoms with Crippen LogP contribution in [0, 0.1) is 0 Å². The van der Waals surface area contributed by atoms with E-state index in [9.17, 15) is 19.2 Å². The third-order valence-corrected chi connectivity index (χ3v) is 9.56. The highest BCUT2D eigenvalue weighted by Gasteiger charge is 2.32. The number of nitrogens with one attached hydrogen (secondary N) is 2. The second-order valence-corrected chi connectivity index (χ2v) is 17.5. The van der Waals surface area contributed by atoms with Gasteiger partial charge in [-0.05, 0) is 89.5 Å². The van der Waals surface area contributed by atoms with E-state index >= 15 is 0 Å². The van der Waals surface area contributed by atoms with Crippen LogP contribution < -0.4 is 22.1 Å². The summed E-state index contributed by atoms with van der Waals surface area (Å²) in [7, 11) is 0. The average molecular weight is 837 g/mol. The molecule has 2 amide bonds. The standard InChI is InChI=1S/C49H64N4O8/c1-48(2,3)60-46(56)52-38(27-34-19-11-7-12-20-34)31-42(40(50)29-36-23-15-9-16-24-36)58-44(54)33-45(55)59-43(41(51)30-37-25-17-10-18-26-37)32-39(28-35-21-13-8-14-22-35)53-47(57)61-49(4,5)6/h7-26,38-43H,27-33,50-51H2,1-6H3,(H,52,56)(H,53,57). The quantitative estimate of drug-likeness (QED) is 0.0398. The Bertz CT molecular complexity index is 1790. The van der Waals surface area contributed by atoms with Crippen LogP contribution in [0.15, 0.2) is 121 Å². The van der Waals surface area contributed by atoms with Crippen molar-refractivity contribution in [2.45, 2.75) is 134 Å². The van der Waals surface area contributed by atoms with Crippen LogP contribution in [0.4, 0.5) is 9.59 Å². The van der Waals surface area contributed by atoms with Crippen molar-refractivity contribution < 1.29 is 38.1 Å². The summed E-state index contributed by atoms with van der Waals surface area (Å²) < 4.78 is 23.2. The smallest absolute Gasteiger partial charge is 0.407 e. The minimum absolute atomic E-state index is 0.130.